The van der Waals surface area contributed by atoms with Crippen LogP contribution in [0.15, 0.2) is 0 Å². The van der Waals surface area contributed by atoms with Gasteiger partial charge in [-0.15, -0.1) is 0 Å². The van der Waals surface area contributed by atoms with Crippen LogP contribution in [0.3, 0.4) is 0 Å². The molecule has 0 unspecified atom stereocenters. The van der Waals surface area contributed by atoms with Gasteiger partial charge in [-0.1, -0.05) is 0 Å². The van der Waals surface area contributed by atoms with Gasteiger partial charge in [0.25, 0.3) is 6.54 Å². The predicted octanol–water partition coefficient (Wildman–Crippen LogP) is -0.0269. The number of hydrogen-bond donors (Lipinski definition) is 0. The Labute approximate surface area is 47.9 Å². The largest absolute Gasteiger partial charge is 0.378 e. The molecule has 0 spiro atoms. The van der Waals surface area contributed by atoms with Gasteiger partial charge in [-0.3, -0.25) is 0 Å². The molecule has 4 nitrogen and oxygen atoms in total. The van der Waals surface area contributed by atoms with Crippen molar-refractivity contribution in [2.75, 3.05) is 27.4 Å². The Morgan fingerprint density at radius 1 is 1.50 bits per heavy atom. The van der Waals surface area contributed by atoms with Crippen LogP contribution < -0.4 is 0 Å². The van der Waals surface area contributed by atoms with Crippen LogP contribution in [0.4, 0.5) is 0 Å². The molecule has 0 radical (unpaired) electrons. The Bertz CT molecular complexity index is 73.7. The summed E-state index contributed by atoms with van der Waals surface area (Å²) in [7, 11) is 2.85. The average molecular weight is 120 g/mol. The highest BCUT2D eigenvalue weighted by Gasteiger charge is 2.03. The van der Waals surface area contributed by atoms with Crippen molar-refractivity contribution >= 4 is 0 Å². The zero-order valence-electron chi connectivity index (χ0n) is 5.09. The van der Waals surface area contributed by atoms with E-state index in [1.54, 1.807) is 0 Å². The highest BCUT2D eigenvalue weighted by Crippen LogP contribution is 1.72. The van der Waals surface area contributed by atoms with Crippen LogP contribution in [-0.2, 0) is 9.57 Å². The van der Waals surface area contributed by atoms with Crippen LogP contribution in [0.5, 0.6) is 0 Å². The first-order valence-corrected chi connectivity index (χ1v) is 2.29. The SMILES string of the molecule is COCC[N+](=O)OC. The van der Waals surface area contributed by atoms with E-state index in [4.69, 9.17) is 0 Å². The summed E-state index contributed by atoms with van der Waals surface area (Å²) in [5.74, 6) is 0. The highest BCUT2D eigenvalue weighted by molar-refractivity contribution is 4.15. The molecule has 0 saturated heterocycles. The molecule has 0 aliphatic rings. The van der Waals surface area contributed by atoms with Gasteiger partial charge < -0.3 is 4.74 Å². The first kappa shape index (κ1) is 7.36. The Kier molecular flexibility index (Phi) is 4.16. The summed E-state index contributed by atoms with van der Waals surface area (Å²) < 4.78 is 4.59. The molecular formula is C4H10NO3+. The zero-order valence-corrected chi connectivity index (χ0v) is 5.09. The van der Waals surface area contributed by atoms with Crippen LogP contribution in [0, 0.1) is 4.91 Å². The lowest BCUT2D eigenvalue weighted by Gasteiger charge is -1.86. The van der Waals surface area contributed by atoms with E-state index in [0.717, 1.165) is 0 Å². The Morgan fingerprint density at radius 2 is 2.12 bits per heavy atom. The fourth-order valence-corrected chi connectivity index (χ4v) is 0.257. The van der Waals surface area contributed by atoms with Crippen molar-refractivity contribution in [1.82, 2.24) is 0 Å². The van der Waals surface area contributed by atoms with Gasteiger partial charge >= 0.3 is 0 Å². The van der Waals surface area contributed by atoms with Gasteiger partial charge in [0.05, 0.1) is 4.91 Å². The summed E-state index contributed by atoms with van der Waals surface area (Å²) in [6.07, 6.45) is 0. The summed E-state index contributed by atoms with van der Waals surface area (Å²) >= 11 is 0. The third kappa shape index (κ3) is 3.55. The lowest BCUT2D eigenvalue weighted by molar-refractivity contribution is -0.796. The molecule has 0 aliphatic carbocycles. The van der Waals surface area contributed by atoms with Crippen molar-refractivity contribution in [3.05, 3.63) is 4.91 Å². The van der Waals surface area contributed by atoms with Gasteiger partial charge in [-0.25, -0.2) is 4.84 Å². The Morgan fingerprint density at radius 3 is 2.50 bits per heavy atom. The number of rotatable bonds is 4. The van der Waals surface area contributed by atoms with Gasteiger partial charge in [-0.05, 0) is 0 Å². The lowest BCUT2D eigenvalue weighted by atomic mass is 10.7. The topological polar surface area (TPSA) is 38.5 Å². The summed E-state index contributed by atoms with van der Waals surface area (Å²) in [4.78, 5) is 14.9. The normalized spacial score (nSPS) is 8.75. The molecule has 0 aromatic heterocycles. The van der Waals surface area contributed by atoms with Crippen molar-refractivity contribution < 1.29 is 14.5 Å². The van der Waals surface area contributed by atoms with Crippen molar-refractivity contribution in [2.45, 2.75) is 0 Å². The summed E-state index contributed by atoms with van der Waals surface area (Å²) in [6, 6.07) is 0. The Hall–Kier alpha value is -0.640. The second-order valence-corrected chi connectivity index (χ2v) is 1.23. The highest BCUT2D eigenvalue weighted by atomic mass is 16.8. The van der Waals surface area contributed by atoms with E-state index in [1.165, 1.54) is 14.2 Å². The molecule has 0 atom stereocenters. The monoisotopic (exact) mass is 120 g/mol. The molecule has 0 rings (SSSR count). The van der Waals surface area contributed by atoms with E-state index in [-0.39, 0.29) is 6.54 Å². The minimum Gasteiger partial charge on any atom is -0.378 e. The quantitative estimate of drug-likeness (QED) is 0.489. The van der Waals surface area contributed by atoms with Crippen molar-refractivity contribution in [1.29, 1.82) is 0 Å². The molecule has 0 aromatic carbocycles. The predicted molar refractivity (Wildman–Crippen MR) is 27.4 cm³/mol. The lowest BCUT2D eigenvalue weighted by Crippen LogP contribution is -2.12. The van der Waals surface area contributed by atoms with Crippen LogP contribution in [0.2, 0.25) is 0 Å². The van der Waals surface area contributed by atoms with Gasteiger partial charge in [0.15, 0.2) is 7.11 Å². The molecule has 48 valence electrons. The molecule has 0 fully saturated rings. The van der Waals surface area contributed by atoms with Gasteiger partial charge in [0.1, 0.15) is 6.61 Å². The molecule has 0 heterocycles. The third-order valence-corrected chi connectivity index (χ3v) is 0.682. The standard InChI is InChI=1S/C4H10NO3/c1-7-4-3-5(6)8-2/h3-4H2,1-2H3/q+1. The van der Waals surface area contributed by atoms with E-state index in [9.17, 15) is 4.91 Å². The molecular weight excluding hydrogens is 110 g/mol. The number of nitrogens with zero attached hydrogens (tertiary/aromatic N) is 1. The second-order valence-electron chi connectivity index (χ2n) is 1.23. The zero-order chi connectivity index (χ0) is 6.41. The van der Waals surface area contributed by atoms with Crippen molar-refractivity contribution in [3.63, 3.8) is 0 Å². The molecule has 4 heteroatoms. The van der Waals surface area contributed by atoms with Crippen LogP contribution >= 0.6 is 0 Å². The van der Waals surface area contributed by atoms with Gasteiger partial charge in [0.2, 0.25) is 4.92 Å². The van der Waals surface area contributed by atoms with Gasteiger partial charge in [-0.2, -0.15) is 0 Å². The third-order valence-electron chi connectivity index (χ3n) is 0.682. The first-order valence-electron chi connectivity index (χ1n) is 2.29. The number of ether oxygens (including phenoxy) is 1. The number of hydrogen-bond acceptors (Lipinski definition) is 3. The van der Waals surface area contributed by atoms with Gasteiger partial charge in [0, 0.05) is 7.11 Å². The van der Waals surface area contributed by atoms with E-state index in [0.29, 0.717) is 11.5 Å². The average Bonchev–Trinajstić information content (AvgIpc) is 1.83. The molecule has 0 aliphatic heterocycles. The molecule has 0 bridgehead atoms. The van der Waals surface area contributed by atoms with Crippen molar-refractivity contribution in [3.8, 4) is 0 Å². The van der Waals surface area contributed by atoms with E-state index in [2.05, 4.69) is 9.57 Å². The smallest absolute Gasteiger partial charge is 0.271 e. The Balaban J connectivity index is 2.99. The molecule has 0 saturated carbocycles. The molecule has 0 aromatic rings. The maximum Gasteiger partial charge on any atom is 0.271 e. The minimum absolute atomic E-state index is 0.257. The minimum atomic E-state index is 0.257. The summed E-state index contributed by atoms with van der Waals surface area (Å²) in [5, 5.41) is 0. The van der Waals surface area contributed by atoms with Crippen LogP contribution in [-0.4, -0.2) is 32.3 Å². The van der Waals surface area contributed by atoms with Crippen LogP contribution in [0.25, 0.3) is 0 Å². The maximum absolute atomic E-state index is 10.2. The first-order chi connectivity index (χ1) is 3.81. The summed E-state index contributed by atoms with van der Waals surface area (Å²) in [5.41, 5.74) is 0. The fraction of sp³-hybridized carbons (Fsp3) is 1.00. The van der Waals surface area contributed by atoms with Crippen LogP contribution in [0.1, 0.15) is 0 Å². The molecule has 0 amide bonds. The molecule has 0 N–H and O–H groups in total. The maximum atomic E-state index is 10.2. The summed E-state index contributed by atoms with van der Waals surface area (Å²) in [6.45, 7) is 0.657. The number of methoxy groups -OCH3 is 1. The molecule has 8 heavy (non-hydrogen) atoms. The fourth-order valence-electron chi connectivity index (χ4n) is 0.257. The van der Waals surface area contributed by atoms with E-state index < -0.39 is 0 Å². The van der Waals surface area contributed by atoms with Crippen molar-refractivity contribution in [2.24, 2.45) is 0 Å². The van der Waals surface area contributed by atoms with E-state index >= 15 is 0 Å². The van der Waals surface area contributed by atoms with E-state index in [1.807, 2.05) is 0 Å². The second kappa shape index (κ2) is 4.52.